The summed E-state index contributed by atoms with van der Waals surface area (Å²) in [5.74, 6) is 0.333. The van der Waals surface area contributed by atoms with Crippen LogP contribution in [0, 0.1) is 24.0 Å². The van der Waals surface area contributed by atoms with E-state index in [0.717, 1.165) is 12.1 Å². The first-order chi connectivity index (χ1) is 11.5. The summed E-state index contributed by atoms with van der Waals surface area (Å²) in [7, 11) is 0. The van der Waals surface area contributed by atoms with Crippen LogP contribution in [-0.2, 0) is 0 Å². The van der Waals surface area contributed by atoms with Gasteiger partial charge in [0, 0.05) is 11.9 Å². The molecule has 0 aliphatic carbocycles. The number of halogens is 2. The monoisotopic (exact) mass is 330 g/mol. The zero-order chi connectivity index (χ0) is 17.7. The number of rotatable bonds is 6. The molecule has 2 rings (SSSR count). The Balaban J connectivity index is 2.46. The number of hydrogen-bond donors (Lipinski definition) is 2. The van der Waals surface area contributed by atoms with Crippen LogP contribution in [0.5, 0.6) is 0 Å². The van der Waals surface area contributed by atoms with Crippen molar-refractivity contribution in [2.75, 3.05) is 13.2 Å². The highest BCUT2D eigenvalue weighted by atomic mass is 19.2. The van der Waals surface area contributed by atoms with E-state index in [2.05, 4.69) is 17.8 Å². The lowest BCUT2D eigenvalue weighted by Crippen LogP contribution is -2.31. The molecule has 2 N–H and O–H groups in total. The third-order valence-corrected chi connectivity index (χ3v) is 3.54. The molecule has 124 valence electrons. The number of nitrogens with zero attached hydrogens (tertiary/aromatic N) is 1. The molecule has 0 saturated carbocycles. The van der Waals surface area contributed by atoms with Crippen LogP contribution in [-0.4, -0.2) is 22.8 Å². The summed E-state index contributed by atoms with van der Waals surface area (Å²) >= 11 is 0. The lowest BCUT2D eigenvalue weighted by molar-refractivity contribution is 0.246. The number of aliphatic hydroxyl groups is 1. The van der Waals surface area contributed by atoms with Crippen LogP contribution < -0.4 is 10.9 Å². The number of hydrogen-bond acceptors (Lipinski definition) is 3. The Kier molecular flexibility index (Phi) is 5.51. The standard InChI is InChI=1S/C18H16F2N2O2/c1-3-8-21-12(2)14-5-4-9-22(18(14)24)17(11-23)13-6-7-15(19)16(20)10-13/h1,4-7,9-10,17,21,23H,2,8,11H2. The van der Waals surface area contributed by atoms with Crippen LogP contribution in [0.1, 0.15) is 17.2 Å². The van der Waals surface area contributed by atoms with Gasteiger partial charge in [-0.15, -0.1) is 6.42 Å². The smallest absolute Gasteiger partial charge is 0.260 e. The van der Waals surface area contributed by atoms with E-state index in [1.165, 1.54) is 16.8 Å². The van der Waals surface area contributed by atoms with Gasteiger partial charge in [-0.25, -0.2) is 8.78 Å². The average molecular weight is 330 g/mol. The van der Waals surface area contributed by atoms with Crippen LogP contribution in [0.25, 0.3) is 5.70 Å². The summed E-state index contributed by atoms with van der Waals surface area (Å²) < 4.78 is 27.8. The highest BCUT2D eigenvalue weighted by Gasteiger charge is 2.18. The Hall–Kier alpha value is -2.91. The lowest BCUT2D eigenvalue weighted by Gasteiger charge is -2.19. The Morgan fingerprint density at radius 3 is 2.75 bits per heavy atom. The number of terminal acetylenes is 1. The SMILES string of the molecule is C#CCNC(=C)c1cccn(C(CO)c2ccc(F)c(F)c2)c1=O. The van der Waals surface area contributed by atoms with Crippen molar-refractivity contribution in [2.24, 2.45) is 0 Å². The van der Waals surface area contributed by atoms with Gasteiger partial charge >= 0.3 is 0 Å². The van der Waals surface area contributed by atoms with Gasteiger partial charge in [0.1, 0.15) is 0 Å². The molecule has 0 bridgehead atoms. The number of nitrogens with one attached hydrogen (secondary N) is 1. The number of benzene rings is 1. The Labute approximate surface area is 138 Å². The van der Waals surface area contributed by atoms with Gasteiger partial charge in [-0.05, 0) is 29.8 Å². The second-order valence-corrected chi connectivity index (χ2v) is 5.04. The topological polar surface area (TPSA) is 54.3 Å². The Bertz CT molecular complexity index is 853. The van der Waals surface area contributed by atoms with Crippen molar-refractivity contribution in [3.05, 3.63) is 76.2 Å². The van der Waals surface area contributed by atoms with Crippen LogP contribution in [0.2, 0.25) is 0 Å². The second kappa shape index (κ2) is 7.57. The van der Waals surface area contributed by atoms with Crippen molar-refractivity contribution in [3.63, 3.8) is 0 Å². The Morgan fingerprint density at radius 2 is 2.12 bits per heavy atom. The van der Waals surface area contributed by atoms with Gasteiger partial charge in [0.2, 0.25) is 0 Å². The van der Waals surface area contributed by atoms with E-state index in [1.807, 2.05) is 0 Å². The van der Waals surface area contributed by atoms with E-state index in [0.29, 0.717) is 5.70 Å². The summed E-state index contributed by atoms with van der Waals surface area (Å²) in [6.07, 6.45) is 6.62. The summed E-state index contributed by atoms with van der Waals surface area (Å²) in [4.78, 5) is 12.6. The number of aliphatic hydroxyl groups excluding tert-OH is 1. The minimum Gasteiger partial charge on any atom is -0.394 e. The molecule has 6 heteroatoms. The first-order valence-electron chi connectivity index (χ1n) is 7.13. The maximum atomic E-state index is 13.5. The van der Waals surface area contributed by atoms with Gasteiger partial charge < -0.3 is 15.0 Å². The predicted octanol–water partition coefficient (Wildman–Crippen LogP) is 1.90. The minimum absolute atomic E-state index is 0.208. The second-order valence-electron chi connectivity index (χ2n) is 5.04. The molecule has 0 saturated heterocycles. The minimum atomic E-state index is -1.05. The van der Waals surface area contributed by atoms with Crippen molar-refractivity contribution in [2.45, 2.75) is 6.04 Å². The molecular weight excluding hydrogens is 314 g/mol. The zero-order valence-electron chi connectivity index (χ0n) is 12.8. The fourth-order valence-corrected chi connectivity index (χ4v) is 2.31. The molecule has 2 aromatic rings. The van der Waals surface area contributed by atoms with Crippen molar-refractivity contribution in [1.29, 1.82) is 0 Å². The third-order valence-electron chi connectivity index (χ3n) is 3.54. The Morgan fingerprint density at radius 1 is 1.38 bits per heavy atom. The van der Waals surface area contributed by atoms with Gasteiger partial charge in [-0.1, -0.05) is 18.6 Å². The summed E-state index contributed by atoms with van der Waals surface area (Å²) in [5.41, 5.74) is 0.455. The van der Waals surface area contributed by atoms with Gasteiger partial charge in [0.25, 0.3) is 5.56 Å². The van der Waals surface area contributed by atoms with E-state index in [9.17, 15) is 18.7 Å². The summed E-state index contributed by atoms with van der Waals surface area (Å²) in [5, 5.41) is 12.5. The van der Waals surface area contributed by atoms with E-state index in [4.69, 9.17) is 6.42 Å². The van der Waals surface area contributed by atoms with Gasteiger partial charge in [0.15, 0.2) is 11.6 Å². The quantitative estimate of drug-likeness (QED) is 0.796. The molecule has 1 unspecified atom stereocenters. The molecule has 1 atom stereocenters. The van der Waals surface area contributed by atoms with Crippen molar-refractivity contribution >= 4 is 5.70 Å². The molecule has 0 amide bonds. The van der Waals surface area contributed by atoms with Gasteiger partial charge in [-0.2, -0.15) is 0 Å². The molecule has 1 aromatic carbocycles. The van der Waals surface area contributed by atoms with Crippen LogP contribution >= 0.6 is 0 Å². The van der Waals surface area contributed by atoms with Crippen molar-refractivity contribution in [3.8, 4) is 12.3 Å². The zero-order valence-corrected chi connectivity index (χ0v) is 12.8. The van der Waals surface area contributed by atoms with E-state index >= 15 is 0 Å². The molecule has 0 aliphatic heterocycles. The molecule has 24 heavy (non-hydrogen) atoms. The van der Waals surface area contributed by atoms with Gasteiger partial charge in [-0.3, -0.25) is 4.79 Å². The molecule has 0 fully saturated rings. The number of aromatic nitrogens is 1. The number of pyridine rings is 1. The van der Waals surface area contributed by atoms with Crippen molar-refractivity contribution < 1.29 is 13.9 Å². The highest BCUT2D eigenvalue weighted by Crippen LogP contribution is 2.19. The first kappa shape index (κ1) is 17.4. The van der Waals surface area contributed by atoms with Crippen LogP contribution in [0.3, 0.4) is 0 Å². The van der Waals surface area contributed by atoms with Crippen LogP contribution in [0.15, 0.2) is 47.9 Å². The lowest BCUT2D eigenvalue weighted by atomic mass is 10.1. The predicted molar refractivity (Wildman–Crippen MR) is 88.2 cm³/mol. The fraction of sp³-hybridized carbons (Fsp3) is 0.167. The van der Waals surface area contributed by atoms with E-state index < -0.39 is 29.8 Å². The van der Waals surface area contributed by atoms with Gasteiger partial charge in [0.05, 0.1) is 24.8 Å². The summed E-state index contributed by atoms with van der Waals surface area (Å²) in [6.45, 7) is 3.50. The third kappa shape index (κ3) is 3.53. The molecule has 0 spiro atoms. The molecular formula is C18H16F2N2O2. The molecule has 0 aliphatic rings. The van der Waals surface area contributed by atoms with Crippen LogP contribution in [0.4, 0.5) is 8.78 Å². The first-order valence-corrected chi connectivity index (χ1v) is 7.13. The molecule has 0 radical (unpaired) electrons. The van der Waals surface area contributed by atoms with E-state index in [-0.39, 0.29) is 17.7 Å². The molecule has 1 heterocycles. The highest BCUT2D eigenvalue weighted by molar-refractivity contribution is 5.60. The van der Waals surface area contributed by atoms with Crippen molar-refractivity contribution in [1.82, 2.24) is 9.88 Å². The molecule has 1 aromatic heterocycles. The maximum Gasteiger partial charge on any atom is 0.260 e. The fourth-order valence-electron chi connectivity index (χ4n) is 2.31. The summed E-state index contributed by atoms with van der Waals surface area (Å²) in [6, 6.07) is 5.54. The average Bonchev–Trinajstić information content (AvgIpc) is 2.58. The van der Waals surface area contributed by atoms with E-state index in [1.54, 1.807) is 12.1 Å². The normalized spacial score (nSPS) is 11.6. The largest absolute Gasteiger partial charge is 0.394 e. The maximum absolute atomic E-state index is 13.5. The molecule has 4 nitrogen and oxygen atoms in total.